The highest BCUT2D eigenvalue weighted by atomic mass is 16.5. The molecule has 9 rings (SSSR count). The summed E-state index contributed by atoms with van der Waals surface area (Å²) in [5.74, 6) is 3.86. The number of hydrogen-bond acceptors (Lipinski definition) is 5. The molecule has 6 aliphatic carbocycles. The zero-order chi connectivity index (χ0) is 28.7. The number of fused-ring (bicyclic) bond motifs is 9. The maximum Gasteiger partial charge on any atom is 0.0817 e. The number of rotatable bonds is 2. The second-order valence-corrected chi connectivity index (χ2v) is 16.9. The van der Waals surface area contributed by atoms with Gasteiger partial charge in [0.25, 0.3) is 0 Å². The van der Waals surface area contributed by atoms with Crippen molar-refractivity contribution in [3.63, 3.8) is 0 Å². The minimum atomic E-state index is -0.232. The lowest BCUT2D eigenvalue weighted by atomic mass is 9.60. The molecule has 43 heavy (non-hydrogen) atoms. The molecule has 5 nitrogen and oxygen atoms in total. The first-order chi connectivity index (χ1) is 21.3. The van der Waals surface area contributed by atoms with Crippen molar-refractivity contribution in [1.29, 1.82) is 10.5 Å². The molecular formula is C38H56N4O. The summed E-state index contributed by atoms with van der Waals surface area (Å²) in [6.07, 6.45) is 27.3. The van der Waals surface area contributed by atoms with E-state index in [4.69, 9.17) is 4.74 Å². The zero-order valence-corrected chi connectivity index (χ0v) is 26.6. The van der Waals surface area contributed by atoms with Crippen molar-refractivity contribution in [2.45, 2.75) is 177 Å². The molecule has 16 unspecified atom stereocenters. The molecular weight excluding hydrogens is 528 g/mol. The van der Waals surface area contributed by atoms with Crippen LogP contribution in [-0.4, -0.2) is 58.3 Å². The van der Waals surface area contributed by atoms with Crippen LogP contribution in [0.1, 0.15) is 128 Å². The Bertz CT molecular complexity index is 1080. The first-order valence-corrected chi connectivity index (χ1v) is 19.3. The van der Waals surface area contributed by atoms with Gasteiger partial charge >= 0.3 is 0 Å². The topological polar surface area (TPSA) is 63.3 Å². The fourth-order valence-electron chi connectivity index (χ4n) is 14.4. The third-order valence-electron chi connectivity index (χ3n) is 15.6. The van der Waals surface area contributed by atoms with Crippen molar-refractivity contribution in [1.82, 2.24) is 9.80 Å². The molecule has 0 spiro atoms. The van der Waals surface area contributed by atoms with E-state index in [1.54, 1.807) is 0 Å². The summed E-state index contributed by atoms with van der Waals surface area (Å²) < 4.78 is 7.41. The van der Waals surface area contributed by atoms with E-state index in [2.05, 4.69) is 21.9 Å². The number of ether oxygens (including phenoxy) is 1. The van der Waals surface area contributed by atoms with Crippen LogP contribution in [0.3, 0.4) is 0 Å². The molecule has 5 heteroatoms. The Balaban J connectivity index is 1.16. The van der Waals surface area contributed by atoms with Gasteiger partial charge in [0.05, 0.1) is 42.2 Å². The Hall–Kier alpha value is -1.14. The maximum absolute atomic E-state index is 11.3. The summed E-state index contributed by atoms with van der Waals surface area (Å²) >= 11 is 0. The van der Waals surface area contributed by atoms with Crippen molar-refractivity contribution in [2.75, 3.05) is 0 Å². The van der Waals surface area contributed by atoms with Crippen molar-refractivity contribution in [3.8, 4) is 12.1 Å². The summed E-state index contributed by atoms with van der Waals surface area (Å²) in [4.78, 5) is 5.99. The average molecular weight is 585 g/mol. The van der Waals surface area contributed by atoms with Gasteiger partial charge in [-0.1, -0.05) is 64.2 Å². The van der Waals surface area contributed by atoms with E-state index in [0.29, 0.717) is 42.1 Å². The van der Waals surface area contributed by atoms with Gasteiger partial charge in [0, 0.05) is 36.1 Å². The third kappa shape index (κ3) is 4.16. The van der Waals surface area contributed by atoms with Gasteiger partial charge in [0.15, 0.2) is 0 Å². The summed E-state index contributed by atoms with van der Waals surface area (Å²) in [7, 11) is 0. The Morgan fingerprint density at radius 3 is 1.28 bits per heavy atom. The molecule has 3 heterocycles. The van der Waals surface area contributed by atoms with Gasteiger partial charge in [0.2, 0.25) is 0 Å². The van der Waals surface area contributed by atoms with Crippen LogP contribution in [0.15, 0.2) is 0 Å². The van der Waals surface area contributed by atoms with E-state index in [1.165, 1.54) is 128 Å². The Morgan fingerprint density at radius 1 is 0.442 bits per heavy atom. The minimum Gasteiger partial charge on any atom is -0.373 e. The third-order valence-corrected chi connectivity index (χ3v) is 15.6. The number of likely N-dealkylation sites (tertiary alicyclic amines) is 2. The van der Waals surface area contributed by atoms with Gasteiger partial charge in [-0.3, -0.25) is 9.80 Å². The Kier molecular flexibility index (Phi) is 7.38. The van der Waals surface area contributed by atoms with Crippen molar-refractivity contribution in [3.05, 3.63) is 0 Å². The van der Waals surface area contributed by atoms with Gasteiger partial charge < -0.3 is 4.74 Å². The van der Waals surface area contributed by atoms with E-state index in [9.17, 15) is 10.5 Å². The van der Waals surface area contributed by atoms with E-state index in [0.717, 1.165) is 23.7 Å². The van der Waals surface area contributed by atoms with Crippen LogP contribution in [0.4, 0.5) is 0 Å². The highest BCUT2D eigenvalue weighted by molar-refractivity contribution is 5.24. The summed E-state index contributed by atoms with van der Waals surface area (Å²) in [6, 6.07) is 8.76. The standard InChI is InChI=1S/C38H56N4O/c39-21-28-29(22-40)37(42-32-18-8-3-13-25(32)26-14-4-9-19-33(26)42)38-35(27-15-5-10-20-34(27)43-38)36(28)41-30-16-6-1-11-23(30)24-12-2-7-17-31(24)41/h23-38H,1-20H2. The SMILES string of the molecule is N#CC1C(C#N)C(N2C3CCCCC3C3CCCCC32)C2C3CCCCC3OC2C1N1C2CCCCC2C2CCCCC21. The van der Waals surface area contributed by atoms with Crippen molar-refractivity contribution >= 4 is 0 Å². The molecule has 0 aromatic heterocycles. The lowest BCUT2D eigenvalue weighted by molar-refractivity contribution is -0.117. The van der Waals surface area contributed by atoms with Crippen LogP contribution in [0, 0.1) is 70.0 Å². The minimum absolute atomic E-state index is 0.118. The molecule has 3 aliphatic heterocycles. The molecule has 0 amide bonds. The van der Waals surface area contributed by atoms with Crippen LogP contribution in [0.5, 0.6) is 0 Å². The monoisotopic (exact) mass is 584 g/mol. The fourth-order valence-corrected chi connectivity index (χ4v) is 14.4. The Labute approximate surface area is 261 Å². The quantitative estimate of drug-likeness (QED) is 0.337. The first kappa shape index (κ1) is 28.1. The van der Waals surface area contributed by atoms with Gasteiger partial charge in [0.1, 0.15) is 0 Å². The molecule has 3 saturated heterocycles. The zero-order valence-electron chi connectivity index (χ0n) is 26.6. The van der Waals surface area contributed by atoms with E-state index < -0.39 is 0 Å². The smallest absolute Gasteiger partial charge is 0.0817 e. The summed E-state index contributed by atoms with van der Waals surface area (Å²) in [6.45, 7) is 0. The highest BCUT2D eigenvalue weighted by Gasteiger charge is 2.67. The Morgan fingerprint density at radius 2 is 0.814 bits per heavy atom. The van der Waals surface area contributed by atoms with Crippen molar-refractivity contribution < 1.29 is 4.74 Å². The molecule has 9 fully saturated rings. The predicted molar refractivity (Wildman–Crippen MR) is 167 cm³/mol. The van der Waals surface area contributed by atoms with Crippen LogP contribution in [-0.2, 0) is 4.74 Å². The molecule has 234 valence electrons. The largest absolute Gasteiger partial charge is 0.373 e. The average Bonchev–Trinajstić information content (AvgIpc) is 3.72. The van der Waals surface area contributed by atoms with E-state index in [1.807, 2.05) is 0 Å². The molecule has 0 N–H and O–H groups in total. The molecule has 16 atom stereocenters. The van der Waals surface area contributed by atoms with Crippen LogP contribution >= 0.6 is 0 Å². The van der Waals surface area contributed by atoms with Crippen LogP contribution in [0.25, 0.3) is 0 Å². The van der Waals surface area contributed by atoms with E-state index >= 15 is 0 Å². The second kappa shape index (κ2) is 11.3. The molecule has 6 saturated carbocycles. The predicted octanol–water partition coefficient (Wildman–Crippen LogP) is 7.46. The molecule has 0 bridgehead atoms. The number of nitrogens with zero attached hydrogens (tertiary/aromatic N) is 4. The molecule has 9 aliphatic rings. The highest BCUT2D eigenvalue weighted by Crippen LogP contribution is 2.60. The lowest BCUT2D eigenvalue weighted by Crippen LogP contribution is -2.68. The normalized spacial score (nSPS) is 54.7. The van der Waals surface area contributed by atoms with Crippen LogP contribution < -0.4 is 0 Å². The van der Waals surface area contributed by atoms with Crippen molar-refractivity contribution in [2.24, 2.45) is 47.3 Å². The van der Waals surface area contributed by atoms with Gasteiger partial charge in [-0.15, -0.1) is 0 Å². The maximum atomic E-state index is 11.3. The van der Waals surface area contributed by atoms with Gasteiger partial charge in [-0.05, 0) is 93.8 Å². The molecule has 0 radical (unpaired) electrons. The van der Waals surface area contributed by atoms with Crippen LogP contribution in [0.2, 0.25) is 0 Å². The number of nitriles is 2. The molecule has 0 aromatic rings. The number of hydrogen-bond donors (Lipinski definition) is 0. The second-order valence-electron chi connectivity index (χ2n) is 16.9. The van der Waals surface area contributed by atoms with E-state index in [-0.39, 0.29) is 30.0 Å². The lowest BCUT2D eigenvalue weighted by Gasteiger charge is -2.56. The fraction of sp³-hybridized carbons (Fsp3) is 0.947. The summed E-state index contributed by atoms with van der Waals surface area (Å²) in [5, 5.41) is 22.5. The first-order valence-electron chi connectivity index (χ1n) is 19.3. The molecule has 0 aromatic carbocycles. The van der Waals surface area contributed by atoms with Gasteiger partial charge in [-0.25, -0.2) is 0 Å². The van der Waals surface area contributed by atoms with Gasteiger partial charge in [-0.2, -0.15) is 10.5 Å². The summed E-state index contributed by atoms with van der Waals surface area (Å²) in [5.41, 5.74) is 0.